The number of aryl methyl sites for hydroxylation is 1. The molecule has 8 nitrogen and oxygen atoms in total. The van der Waals surface area contributed by atoms with Gasteiger partial charge in [0.25, 0.3) is 5.56 Å². The zero-order valence-electron chi connectivity index (χ0n) is 17.6. The molecule has 2 fully saturated rings. The van der Waals surface area contributed by atoms with E-state index in [4.69, 9.17) is 4.98 Å². The number of halogens is 1. The van der Waals surface area contributed by atoms with Crippen molar-refractivity contribution in [2.24, 2.45) is 0 Å². The number of pyridine rings is 2. The summed E-state index contributed by atoms with van der Waals surface area (Å²) in [5.74, 6) is 1.44. The number of anilines is 3. The monoisotopic (exact) mass is 483 g/mol. The number of piperazine rings is 1. The van der Waals surface area contributed by atoms with Gasteiger partial charge in [-0.15, -0.1) is 0 Å². The van der Waals surface area contributed by atoms with Crippen LogP contribution in [-0.2, 0) is 0 Å². The minimum absolute atomic E-state index is 0.0106. The maximum Gasteiger partial charge on any atom is 0.267 e. The summed E-state index contributed by atoms with van der Waals surface area (Å²) in [6.07, 6.45) is 7.92. The maximum atomic E-state index is 13.1. The maximum absolute atomic E-state index is 13.1. The van der Waals surface area contributed by atoms with Crippen LogP contribution in [0.5, 0.6) is 0 Å². The first-order valence-electron chi connectivity index (χ1n) is 10.9. The van der Waals surface area contributed by atoms with Gasteiger partial charge in [0, 0.05) is 43.8 Å². The second-order valence-electron chi connectivity index (χ2n) is 8.25. The third-order valence-corrected chi connectivity index (χ3v) is 7.21. The van der Waals surface area contributed by atoms with Crippen LogP contribution < -0.4 is 21.1 Å². The lowest BCUT2D eigenvalue weighted by Gasteiger charge is -2.28. The summed E-state index contributed by atoms with van der Waals surface area (Å²) < 4.78 is 2.46. The van der Waals surface area contributed by atoms with Crippen molar-refractivity contribution < 1.29 is 0 Å². The van der Waals surface area contributed by atoms with Crippen molar-refractivity contribution in [3.63, 3.8) is 0 Å². The van der Waals surface area contributed by atoms with Gasteiger partial charge in [-0.3, -0.25) is 9.36 Å². The Hall–Kier alpha value is -2.52. The van der Waals surface area contributed by atoms with Crippen LogP contribution in [0.3, 0.4) is 0 Å². The molecule has 162 valence electrons. The van der Waals surface area contributed by atoms with E-state index in [1.54, 1.807) is 6.20 Å². The Morgan fingerprint density at radius 1 is 1.13 bits per heavy atom. The van der Waals surface area contributed by atoms with E-state index in [-0.39, 0.29) is 11.6 Å². The Balaban J connectivity index is 1.47. The molecule has 0 spiro atoms. The lowest BCUT2D eigenvalue weighted by Crippen LogP contribution is -2.43. The van der Waals surface area contributed by atoms with Crippen molar-refractivity contribution in [3.05, 3.63) is 44.9 Å². The van der Waals surface area contributed by atoms with E-state index in [2.05, 4.69) is 41.4 Å². The summed E-state index contributed by atoms with van der Waals surface area (Å²) in [7, 11) is 0. The highest BCUT2D eigenvalue weighted by molar-refractivity contribution is 9.10. The van der Waals surface area contributed by atoms with Crippen LogP contribution in [-0.4, -0.2) is 45.7 Å². The molecule has 0 amide bonds. The van der Waals surface area contributed by atoms with Crippen molar-refractivity contribution in [2.75, 3.05) is 36.4 Å². The molecular weight excluding hydrogens is 458 g/mol. The van der Waals surface area contributed by atoms with Gasteiger partial charge in [0.15, 0.2) is 0 Å². The average molecular weight is 484 g/mol. The molecule has 3 aromatic heterocycles. The summed E-state index contributed by atoms with van der Waals surface area (Å²) in [6, 6.07) is 4.20. The predicted molar refractivity (Wildman–Crippen MR) is 126 cm³/mol. The first kappa shape index (κ1) is 20.4. The predicted octanol–water partition coefficient (Wildman–Crippen LogP) is 3.53. The molecule has 1 aliphatic heterocycles. The van der Waals surface area contributed by atoms with Crippen LogP contribution in [0.15, 0.2) is 33.8 Å². The Bertz CT molecular complexity index is 1150. The molecule has 2 aliphatic rings. The second kappa shape index (κ2) is 8.55. The number of rotatable bonds is 4. The largest absolute Gasteiger partial charge is 0.354 e. The first-order valence-corrected chi connectivity index (χ1v) is 11.7. The molecule has 0 aromatic carbocycles. The van der Waals surface area contributed by atoms with Crippen molar-refractivity contribution in [2.45, 2.75) is 38.6 Å². The molecule has 3 aromatic rings. The molecule has 2 N–H and O–H groups in total. The van der Waals surface area contributed by atoms with Gasteiger partial charge in [0.2, 0.25) is 5.95 Å². The third kappa shape index (κ3) is 3.92. The molecule has 0 bridgehead atoms. The topological polar surface area (TPSA) is 88.0 Å². The summed E-state index contributed by atoms with van der Waals surface area (Å²) in [5, 5.41) is 7.51. The fourth-order valence-electron chi connectivity index (χ4n) is 4.53. The van der Waals surface area contributed by atoms with E-state index in [0.29, 0.717) is 16.1 Å². The molecule has 4 heterocycles. The molecule has 1 aliphatic carbocycles. The fourth-order valence-corrected chi connectivity index (χ4v) is 4.94. The van der Waals surface area contributed by atoms with Crippen LogP contribution in [0.1, 0.15) is 37.3 Å². The smallest absolute Gasteiger partial charge is 0.267 e. The number of hydrogen-bond donors (Lipinski definition) is 2. The summed E-state index contributed by atoms with van der Waals surface area (Å²) >= 11 is 3.49. The Kier molecular flexibility index (Phi) is 5.62. The van der Waals surface area contributed by atoms with Crippen molar-refractivity contribution >= 4 is 44.4 Å². The minimum Gasteiger partial charge on any atom is -0.354 e. The molecule has 5 rings (SSSR count). The van der Waals surface area contributed by atoms with Gasteiger partial charge < -0.3 is 15.5 Å². The molecule has 0 radical (unpaired) electrons. The van der Waals surface area contributed by atoms with Crippen LogP contribution in [0.4, 0.5) is 17.5 Å². The number of aromatic nitrogens is 4. The van der Waals surface area contributed by atoms with E-state index in [1.807, 2.05) is 29.8 Å². The fraction of sp³-hybridized carbons (Fsp3) is 0.455. The van der Waals surface area contributed by atoms with Crippen molar-refractivity contribution in [1.82, 2.24) is 24.8 Å². The number of hydrogen-bond acceptors (Lipinski definition) is 7. The highest BCUT2D eigenvalue weighted by Crippen LogP contribution is 2.32. The normalized spacial score (nSPS) is 17.4. The SMILES string of the molecule is Cc1c(Br)c(=O)n(C2CCCC2)c2nc(Nc3ccc(N4CCNCC4)nc3)ncc12. The number of nitrogens with zero attached hydrogens (tertiary/aromatic N) is 5. The Morgan fingerprint density at radius 3 is 2.61 bits per heavy atom. The van der Waals surface area contributed by atoms with Crippen LogP contribution in [0, 0.1) is 6.92 Å². The minimum atomic E-state index is -0.0106. The van der Waals surface area contributed by atoms with E-state index in [0.717, 1.165) is 74.3 Å². The molecule has 0 atom stereocenters. The lowest BCUT2D eigenvalue weighted by atomic mass is 10.1. The summed E-state index contributed by atoms with van der Waals surface area (Å²) in [6.45, 7) is 5.81. The van der Waals surface area contributed by atoms with Gasteiger partial charge in [-0.2, -0.15) is 4.98 Å². The standard InChI is InChI=1S/C22H26BrN7O/c1-14-17-13-26-22(27-15-6-7-18(25-12-15)29-10-8-24-9-11-29)28-20(17)30(21(31)19(14)23)16-4-2-3-5-16/h6-7,12-13,16,24H,2-5,8-11H2,1H3,(H,26,27,28). The average Bonchev–Trinajstić information content (AvgIpc) is 3.33. The molecule has 9 heteroatoms. The van der Waals surface area contributed by atoms with E-state index < -0.39 is 0 Å². The van der Waals surface area contributed by atoms with Gasteiger partial charge in [-0.1, -0.05) is 12.8 Å². The van der Waals surface area contributed by atoms with Crippen molar-refractivity contribution in [1.29, 1.82) is 0 Å². The second-order valence-corrected chi connectivity index (χ2v) is 9.04. The van der Waals surface area contributed by atoms with Gasteiger partial charge >= 0.3 is 0 Å². The van der Waals surface area contributed by atoms with Crippen molar-refractivity contribution in [3.8, 4) is 0 Å². The van der Waals surface area contributed by atoms with E-state index >= 15 is 0 Å². The first-order chi connectivity index (χ1) is 15.1. The van der Waals surface area contributed by atoms with Crippen LogP contribution in [0.2, 0.25) is 0 Å². The quantitative estimate of drug-likeness (QED) is 0.586. The Labute approximate surface area is 189 Å². The molecule has 0 unspecified atom stereocenters. The molecule has 31 heavy (non-hydrogen) atoms. The third-order valence-electron chi connectivity index (χ3n) is 6.27. The van der Waals surface area contributed by atoms with Crippen LogP contribution >= 0.6 is 15.9 Å². The van der Waals surface area contributed by atoms with Gasteiger partial charge in [-0.25, -0.2) is 9.97 Å². The highest BCUT2D eigenvalue weighted by Gasteiger charge is 2.23. The number of fused-ring (bicyclic) bond motifs is 1. The van der Waals surface area contributed by atoms with E-state index in [9.17, 15) is 4.79 Å². The molecule has 1 saturated heterocycles. The highest BCUT2D eigenvalue weighted by atomic mass is 79.9. The van der Waals surface area contributed by atoms with Gasteiger partial charge in [0.05, 0.1) is 16.4 Å². The van der Waals surface area contributed by atoms with Gasteiger partial charge in [-0.05, 0) is 53.4 Å². The summed E-state index contributed by atoms with van der Waals surface area (Å²) in [4.78, 5) is 29.2. The zero-order chi connectivity index (χ0) is 21.4. The Morgan fingerprint density at radius 2 is 1.90 bits per heavy atom. The number of nitrogens with one attached hydrogen (secondary N) is 2. The van der Waals surface area contributed by atoms with Crippen LogP contribution in [0.25, 0.3) is 11.0 Å². The lowest BCUT2D eigenvalue weighted by molar-refractivity contribution is 0.514. The zero-order valence-corrected chi connectivity index (χ0v) is 19.2. The molecular formula is C22H26BrN7O. The summed E-state index contributed by atoms with van der Waals surface area (Å²) in [5.41, 5.74) is 2.38. The molecule has 1 saturated carbocycles. The van der Waals surface area contributed by atoms with Gasteiger partial charge in [0.1, 0.15) is 11.5 Å². The van der Waals surface area contributed by atoms with E-state index in [1.165, 1.54) is 0 Å².